The third-order valence-corrected chi connectivity index (χ3v) is 9.97. The van der Waals surface area contributed by atoms with Crippen molar-refractivity contribution < 1.29 is 13.6 Å². The third-order valence-electron chi connectivity index (χ3n) is 4.35. The zero-order valence-electron chi connectivity index (χ0n) is 18.0. The highest BCUT2D eigenvalue weighted by Gasteiger charge is 2.36. The molecule has 1 aromatic carbocycles. The summed E-state index contributed by atoms with van der Waals surface area (Å²) in [6.07, 6.45) is 1.68. The minimum atomic E-state index is -1.77. The van der Waals surface area contributed by atoms with Crippen LogP contribution in [0.5, 0.6) is 5.75 Å². The van der Waals surface area contributed by atoms with Crippen LogP contribution in [0.15, 0.2) is 35.7 Å². The Labute approximate surface area is 171 Å². The average molecular weight is 428 g/mol. The van der Waals surface area contributed by atoms with Crippen LogP contribution in [0.3, 0.4) is 0 Å². The summed E-state index contributed by atoms with van der Waals surface area (Å²) < 4.78 is 17.8. The van der Waals surface area contributed by atoms with Crippen molar-refractivity contribution >= 4 is 34.5 Å². The summed E-state index contributed by atoms with van der Waals surface area (Å²) in [7, 11) is -3.50. The lowest BCUT2D eigenvalue weighted by Crippen LogP contribution is -2.41. The summed E-state index contributed by atoms with van der Waals surface area (Å²) in [4.78, 5) is 4.31. The lowest BCUT2D eigenvalue weighted by molar-refractivity contribution is 0.203. The molecule has 0 N–H and O–H groups in total. The number of halogens is 1. The van der Waals surface area contributed by atoms with E-state index >= 15 is 0 Å². The first-order valence-corrected chi connectivity index (χ1v) is 15.9. The molecule has 0 unspecified atom stereocenters. The van der Waals surface area contributed by atoms with E-state index in [9.17, 15) is 0 Å². The molecular weight excluding hydrogens is 394 g/mol. The van der Waals surface area contributed by atoms with Crippen LogP contribution in [0, 0.1) is 0 Å². The molecule has 1 rings (SSSR count). The van der Waals surface area contributed by atoms with E-state index in [1.807, 2.05) is 12.1 Å². The van der Waals surface area contributed by atoms with Gasteiger partial charge in [-0.3, -0.25) is 0 Å². The van der Waals surface area contributed by atoms with Crippen molar-refractivity contribution in [2.75, 3.05) is 13.2 Å². The molecule has 0 spiro atoms. The van der Waals surface area contributed by atoms with E-state index in [4.69, 9.17) is 25.2 Å². The van der Waals surface area contributed by atoms with Crippen molar-refractivity contribution in [1.82, 2.24) is 0 Å². The van der Waals surface area contributed by atoms with Crippen LogP contribution in [0.4, 0.5) is 0 Å². The quantitative estimate of drug-likeness (QED) is 0.196. The molecule has 27 heavy (non-hydrogen) atoms. The zero-order chi connectivity index (χ0) is 20.9. The molecule has 0 aliphatic heterocycles. The Morgan fingerprint density at radius 3 is 2.33 bits per heavy atom. The minimum Gasteiger partial charge on any atom is -0.532 e. The SMILES string of the molecule is C=C(/N=C/c1cc(Cl)ccc1OCCO[Si](C)(C)C(C)(C)C)O[Si](C)(C)C. The van der Waals surface area contributed by atoms with E-state index in [1.54, 1.807) is 12.3 Å². The van der Waals surface area contributed by atoms with Gasteiger partial charge in [0.1, 0.15) is 12.4 Å². The summed E-state index contributed by atoms with van der Waals surface area (Å²) in [6.45, 7) is 22.3. The van der Waals surface area contributed by atoms with Gasteiger partial charge in [0.2, 0.25) is 8.32 Å². The molecule has 0 bridgehead atoms. The van der Waals surface area contributed by atoms with Gasteiger partial charge < -0.3 is 13.6 Å². The molecule has 0 amide bonds. The van der Waals surface area contributed by atoms with E-state index in [1.165, 1.54) is 0 Å². The molecule has 152 valence electrons. The summed E-state index contributed by atoms with van der Waals surface area (Å²) >= 11 is 6.13. The smallest absolute Gasteiger partial charge is 0.244 e. The van der Waals surface area contributed by atoms with Crippen molar-refractivity contribution in [3.63, 3.8) is 0 Å². The lowest BCUT2D eigenvalue weighted by atomic mass is 10.2. The van der Waals surface area contributed by atoms with Crippen molar-refractivity contribution in [2.24, 2.45) is 4.99 Å². The predicted octanol–water partition coefficient (Wildman–Crippen LogP) is 6.48. The Morgan fingerprint density at radius 2 is 1.78 bits per heavy atom. The Hall–Kier alpha value is -1.09. The van der Waals surface area contributed by atoms with Crippen LogP contribution in [0.1, 0.15) is 26.3 Å². The van der Waals surface area contributed by atoms with Gasteiger partial charge in [0.25, 0.3) is 0 Å². The molecular formula is C20H34ClNO3Si2. The maximum absolute atomic E-state index is 6.16. The van der Waals surface area contributed by atoms with Gasteiger partial charge in [-0.05, 0) is 62.6 Å². The third kappa shape index (κ3) is 8.64. The standard InChI is InChI=1S/C20H34ClNO3Si2/c1-16(25-26(5,6)7)22-15-17-14-18(21)10-11-19(17)23-12-13-24-27(8,9)20(2,3)4/h10-11,14-15H,1,12-13H2,2-9H3/b22-15+. The first-order valence-electron chi connectivity index (χ1n) is 9.19. The number of nitrogens with zero attached hydrogens (tertiary/aromatic N) is 1. The Bertz CT molecular complexity index is 677. The van der Waals surface area contributed by atoms with Gasteiger partial charge in [-0.2, -0.15) is 0 Å². The van der Waals surface area contributed by atoms with Crippen LogP contribution in [-0.4, -0.2) is 36.1 Å². The van der Waals surface area contributed by atoms with Gasteiger partial charge in [-0.25, -0.2) is 4.99 Å². The Morgan fingerprint density at radius 1 is 1.15 bits per heavy atom. The van der Waals surface area contributed by atoms with Gasteiger partial charge in [-0.15, -0.1) is 0 Å². The molecule has 0 aliphatic carbocycles. The molecule has 0 saturated carbocycles. The van der Waals surface area contributed by atoms with E-state index < -0.39 is 16.6 Å². The second-order valence-corrected chi connectivity index (χ2v) is 18.7. The van der Waals surface area contributed by atoms with Crippen LogP contribution in [0.25, 0.3) is 0 Å². The maximum atomic E-state index is 6.16. The van der Waals surface area contributed by atoms with Crippen molar-refractivity contribution in [3.8, 4) is 5.75 Å². The molecule has 0 fully saturated rings. The molecule has 0 saturated heterocycles. The van der Waals surface area contributed by atoms with Gasteiger partial charge in [0, 0.05) is 16.8 Å². The predicted molar refractivity (Wildman–Crippen MR) is 121 cm³/mol. The average Bonchev–Trinajstić information content (AvgIpc) is 2.48. The first kappa shape index (κ1) is 24.0. The molecule has 0 heterocycles. The van der Waals surface area contributed by atoms with Crippen LogP contribution >= 0.6 is 11.6 Å². The molecule has 0 atom stereocenters. The summed E-state index contributed by atoms with van der Waals surface area (Å²) in [5.41, 5.74) is 0.787. The van der Waals surface area contributed by atoms with E-state index in [0.29, 0.717) is 29.9 Å². The van der Waals surface area contributed by atoms with Gasteiger partial charge in [0.05, 0.1) is 6.61 Å². The largest absolute Gasteiger partial charge is 0.532 e. The molecule has 4 nitrogen and oxygen atoms in total. The van der Waals surface area contributed by atoms with Crippen molar-refractivity contribution in [2.45, 2.75) is 58.5 Å². The summed E-state index contributed by atoms with van der Waals surface area (Å²) in [6, 6.07) is 5.46. The molecule has 1 aromatic rings. The maximum Gasteiger partial charge on any atom is 0.244 e. The zero-order valence-corrected chi connectivity index (χ0v) is 20.7. The first-order chi connectivity index (χ1) is 12.2. The summed E-state index contributed by atoms with van der Waals surface area (Å²) in [5, 5.41) is 0.806. The monoisotopic (exact) mass is 427 g/mol. The van der Waals surface area contributed by atoms with Gasteiger partial charge >= 0.3 is 0 Å². The fraction of sp³-hybridized carbons (Fsp3) is 0.550. The molecule has 0 aromatic heterocycles. The van der Waals surface area contributed by atoms with E-state index in [-0.39, 0.29) is 5.04 Å². The highest BCUT2D eigenvalue weighted by molar-refractivity contribution is 6.74. The van der Waals surface area contributed by atoms with E-state index in [0.717, 1.165) is 5.56 Å². The number of hydrogen-bond acceptors (Lipinski definition) is 4. The number of ether oxygens (including phenoxy) is 1. The number of hydrogen-bond donors (Lipinski definition) is 0. The number of aliphatic imine (C=N–C) groups is 1. The van der Waals surface area contributed by atoms with Crippen LogP contribution < -0.4 is 4.74 Å². The number of benzene rings is 1. The Kier molecular flexibility index (Phi) is 8.35. The second-order valence-electron chi connectivity index (χ2n) is 9.01. The van der Waals surface area contributed by atoms with Gasteiger partial charge in [-0.1, -0.05) is 32.4 Å². The van der Waals surface area contributed by atoms with Crippen LogP contribution in [-0.2, 0) is 8.85 Å². The highest BCUT2D eigenvalue weighted by atomic mass is 35.5. The molecule has 0 radical (unpaired) electrons. The molecule has 0 aliphatic rings. The lowest BCUT2D eigenvalue weighted by Gasteiger charge is -2.36. The molecule has 7 heteroatoms. The van der Waals surface area contributed by atoms with Gasteiger partial charge in [0.15, 0.2) is 14.2 Å². The fourth-order valence-electron chi connectivity index (χ4n) is 1.94. The van der Waals surface area contributed by atoms with Crippen molar-refractivity contribution in [1.29, 1.82) is 0 Å². The summed E-state index contributed by atoms with van der Waals surface area (Å²) in [5.74, 6) is 1.11. The van der Waals surface area contributed by atoms with Crippen molar-refractivity contribution in [3.05, 3.63) is 41.2 Å². The highest BCUT2D eigenvalue weighted by Crippen LogP contribution is 2.36. The topological polar surface area (TPSA) is 40.0 Å². The second kappa shape index (κ2) is 9.41. The number of rotatable bonds is 9. The normalized spacial score (nSPS) is 13.1. The minimum absolute atomic E-state index is 0.182. The Balaban J connectivity index is 2.73. The van der Waals surface area contributed by atoms with Crippen LogP contribution in [0.2, 0.25) is 42.8 Å². The fourth-order valence-corrected chi connectivity index (χ4v) is 3.90. The van der Waals surface area contributed by atoms with E-state index in [2.05, 4.69) is 65.1 Å².